The van der Waals surface area contributed by atoms with Gasteiger partial charge in [-0.15, -0.1) is 0 Å². The normalized spacial score (nSPS) is 18.4. The monoisotopic (exact) mass is 211 g/mol. The van der Waals surface area contributed by atoms with Crippen LogP contribution < -0.4 is 5.56 Å². The molecule has 1 fully saturated rings. The highest BCUT2D eigenvalue weighted by atomic mass is 35.5. The highest BCUT2D eigenvalue weighted by molar-refractivity contribution is 6.29. The molecule has 1 aliphatic carbocycles. The first-order valence-corrected chi connectivity index (χ1v) is 5.53. The third-order valence-electron chi connectivity index (χ3n) is 2.91. The molecular weight excluding hydrogens is 198 g/mol. The summed E-state index contributed by atoms with van der Waals surface area (Å²) in [6, 6.07) is 3.57. The van der Waals surface area contributed by atoms with E-state index in [1.165, 1.54) is 32.1 Å². The Morgan fingerprint density at radius 1 is 1.21 bits per heavy atom. The van der Waals surface area contributed by atoms with Gasteiger partial charge in [0.15, 0.2) is 0 Å². The Bertz CT molecular complexity index is 366. The van der Waals surface area contributed by atoms with Crippen LogP contribution in [0.2, 0.25) is 5.15 Å². The zero-order valence-corrected chi connectivity index (χ0v) is 8.81. The number of nitrogens with one attached hydrogen (secondary N) is 1. The summed E-state index contributed by atoms with van der Waals surface area (Å²) in [4.78, 5) is 13.8. The van der Waals surface area contributed by atoms with E-state index in [2.05, 4.69) is 4.98 Å². The van der Waals surface area contributed by atoms with Crippen LogP contribution in [0.15, 0.2) is 16.9 Å². The Morgan fingerprint density at radius 3 is 2.57 bits per heavy atom. The SMILES string of the molecule is O=c1cc(C2CCCCC2)cc(Cl)[nH]1. The average Bonchev–Trinajstić information content (AvgIpc) is 2.18. The molecule has 1 aromatic heterocycles. The first-order chi connectivity index (χ1) is 6.75. The van der Waals surface area contributed by atoms with Gasteiger partial charge in [-0.3, -0.25) is 4.79 Å². The van der Waals surface area contributed by atoms with Crippen LogP contribution in [0.1, 0.15) is 43.6 Å². The molecule has 0 amide bonds. The van der Waals surface area contributed by atoms with Crippen LogP contribution in [0.25, 0.3) is 0 Å². The molecule has 1 aliphatic rings. The van der Waals surface area contributed by atoms with Crippen molar-refractivity contribution in [1.29, 1.82) is 0 Å². The van der Waals surface area contributed by atoms with Gasteiger partial charge in [-0.2, -0.15) is 0 Å². The predicted molar refractivity (Wildman–Crippen MR) is 57.9 cm³/mol. The zero-order chi connectivity index (χ0) is 9.97. The van der Waals surface area contributed by atoms with E-state index < -0.39 is 0 Å². The van der Waals surface area contributed by atoms with E-state index in [0.29, 0.717) is 11.1 Å². The molecule has 0 aliphatic heterocycles. The van der Waals surface area contributed by atoms with Gasteiger partial charge in [-0.25, -0.2) is 0 Å². The molecule has 14 heavy (non-hydrogen) atoms. The van der Waals surface area contributed by atoms with E-state index in [0.717, 1.165) is 5.56 Å². The Hall–Kier alpha value is -0.760. The van der Waals surface area contributed by atoms with Gasteiger partial charge >= 0.3 is 0 Å². The summed E-state index contributed by atoms with van der Waals surface area (Å²) in [7, 11) is 0. The molecule has 2 rings (SSSR count). The molecule has 0 radical (unpaired) electrons. The fourth-order valence-corrected chi connectivity index (χ4v) is 2.42. The van der Waals surface area contributed by atoms with E-state index in [9.17, 15) is 4.79 Å². The third-order valence-corrected chi connectivity index (χ3v) is 3.11. The summed E-state index contributed by atoms with van der Waals surface area (Å²) in [5, 5.41) is 0.457. The van der Waals surface area contributed by atoms with Gasteiger partial charge < -0.3 is 4.98 Å². The van der Waals surface area contributed by atoms with Crippen molar-refractivity contribution in [2.24, 2.45) is 0 Å². The van der Waals surface area contributed by atoms with Gasteiger partial charge in [0.05, 0.1) is 0 Å². The third kappa shape index (κ3) is 2.18. The minimum Gasteiger partial charge on any atom is -0.313 e. The Labute approximate surface area is 88.3 Å². The number of H-pyrrole nitrogens is 1. The Kier molecular flexibility index (Phi) is 2.92. The molecule has 1 heterocycles. The van der Waals surface area contributed by atoms with E-state index in [1.807, 2.05) is 6.07 Å². The lowest BCUT2D eigenvalue weighted by molar-refractivity contribution is 0.443. The van der Waals surface area contributed by atoms with Crippen LogP contribution >= 0.6 is 11.6 Å². The number of halogens is 1. The topological polar surface area (TPSA) is 32.9 Å². The van der Waals surface area contributed by atoms with E-state index in [4.69, 9.17) is 11.6 Å². The molecule has 1 N–H and O–H groups in total. The van der Waals surface area contributed by atoms with Gasteiger partial charge in [0.1, 0.15) is 5.15 Å². The standard InChI is InChI=1S/C11H14ClNO/c12-10-6-9(7-11(14)13-10)8-4-2-1-3-5-8/h6-8H,1-5H2,(H,13,14). The average molecular weight is 212 g/mol. The van der Waals surface area contributed by atoms with E-state index in [1.54, 1.807) is 6.07 Å². The molecule has 0 atom stereocenters. The summed E-state index contributed by atoms with van der Waals surface area (Å²) >= 11 is 5.81. The van der Waals surface area contributed by atoms with Crippen molar-refractivity contribution in [1.82, 2.24) is 4.98 Å². The number of aromatic amines is 1. The maximum absolute atomic E-state index is 11.2. The highest BCUT2D eigenvalue weighted by Gasteiger charge is 2.16. The maximum Gasteiger partial charge on any atom is 0.249 e. The molecule has 0 spiro atoms. The predicted octanol–water partition coefficient (Wildman–Crippen LogP) is 3.08. The number of aromatic nitrogens is 1. The van der Waals surface area contributed by atoms with Gasteiger partial charge in [0.2, 0.25) is 5.56 Å². The van der Waals surface area contributed by atoms with Crippen molar-refractivity contribution >= 4 is 11.6 Å². The molecule has 3 heteroatoms. The molecule has 76 valence electrons. The van der Waals surface area contributed by atoms with Crippen molar-refractivity contribution in [2.45, 2.75) is 38.0 Å². The van der Waals surface area contributed by atoms with Crippen molar-refractivity contribution < 1.29 is 0 Å². The summed E-state index contributed by atoms with van der Waals surface area (Å²) in [5.41, 5.74) is 1.02. The fraction of sp³-hybridized carbons (Fsp3) is 0.545. The molecule has 0 unspecified atom stereocenters. The first kappa shape index (κ1) is 9.78. The van der Waals surface area contributed by atoms with Crippen molar-refractivity contribution in [2.75, 3.05) is 0 Å². The van der Waals surface area contributed by atoms with Crippen LogP contribution in [0.4, 0.5) is 0 Å². The van der Waals surface area contributed by atoms with Gasteiger partial charge in [0, 0.05) is 6.07 Å². The van der Waals surface area contributed by atoms with Crippen molar-refractivity contribution in [3.05, 3.63) is 33.2 Å². The van der Waals surface area contributed by atoms with E-state index >= 15 is 0 Å². The lowest BCUT2D eigenvalue weighted by Crippen LogP contribution is -2.10. The number of rotatable bonds is 1. The van der Waals surface area contributed by atoms with Crippen LogP contribution in [-0.2, 0) is 0 Å². The van der Waals surface area contributed by atoms with E-state index in [-0.39, 0.29) is 5.56 Å². The Morgan fingerprint density at radius 2 is 1.93 bits per heavy atom. The summed E-state index contributed by atoms with van der Waals surface area (Å²) in [5.74, 6) is 0.545. The zero-order valence-electron chi connectivity index (χ0n) is 8.05. The second-order valence-corrected chi connectivity index (χ2v) is 4.37. The largest absolute Gasteiger partial charge is 0.313 e. The molecule has 0 saturated heterocycles. The minimum absolute atomic E-state index is 0.0851. The van der Waals surface area contributed by atoms with Gasteiger partial charge in [-0.1, -0.05) is 30.9 Å². The molecule has 2 nitrogen and oxygen atoms in total. The fourth-order valence-electron chi connectivity index (χ4n) is 2.20. The molecule has 1 saturated carbocycles. The maximum atomic E-state index is 11.2. The van der Waals surface area contributed by atoms with Crippen molar-refractivity contribution in [3.63, 3.8) is 0 Å². The summed E-state index contributed by atoms with van der Waals surface area (Å²) in [6.45, 7) is 0. The van der Waals surface area contributed by atoms with Crippen LogP contribution in [0, 0.1) is 0 Å². The lowest BCUT2D eigenvalue weighted by Gasteiger charge is -2.21. The van der Waals surface area contributed by atoms with Gasteiger partial charge in [-0.05, 0) is 30.4 Å². The van der Waals surface area contributed by atoms with Crippen LogP contribution in [0.3, 0.4) is 0 Å². The molecular formula is C11H14ClNO. The summed E-state index contributed by atoms with van der Waals surface area (Å²) in [6.07, 6.45) is 6.26. The molecule has 1 aromatic rings. The smallest absolute Gasteiger partial charge is 0.249 e. The highest BCUT2D eigenvalue weighted by Crippen LogP contribution is 2.32. The number of hydrogen-bond donors (Lipinski definition) is 1. The molecule has 0 bridgehead atoms. The van der Waals surface area contributed by atoms with Crippen molar-refractivity contribution in [3.8, 4) is 0 Å². The quantitative estimate of drug-likeness (QED) is 0.712. The summed E-state index contributed by atoms with van der Waals surface area (Å²) < 4.78 is 0. The van der Waals surface area contributed by atoms with Crippen LogP contribution in [-0.4, -0.2) is 4.98 Å². The van der Waals surface area contributed by atoms with Gasteiger partial charge in [0.25, 0.3) is 0 Å². The first-order valence-electron chi connectivity index (χ1n) is 5.15. The second-order valence-electron chi connectivity index (χ2n) is 3.96. The minimum atomic E-state index is -0.0851. The second kappa shape index (κ2) is 4.18. The number of pyridine rings is 1. The molecule has 0 aromatic carbocycles. The Balaban J connectivity index is 2.26. The van der Waals surface area contributed by atoms with Crippen LogP contribution in [0.5, 0.6) is 0 Å². The number of hydrogen-bond acceptors (Lipinski definition) is 1. The lowest BCUT2D eigenvalue weighted by atomic mass is 9.84.